The molecule has 1 aromatic rings. The zero-order valence-corrected chi connectivity index (χ0v) is 15.7. The van der Waals surface area contributed by atoms with Crippen molar-refractivity contribution in [2.24, 2.45) is 4.99 Å². The topological polar surface area (TPSA) is 62.0 Å². The summed E-state index contributed by atoms with van der Waals surface area (Å²) in [7, 11) is 0. The summed E-state index contributed by atoms with van der Waals surface area (Å²) in [6.45, 7) is 15.3. The van der Waals surface area contributed by atoms with Gasteiger partial charge in [-0.25, -0.2) is 0 Å². The van der Waals surface area contributed by atoms with Crippen molar-refractivity contribution in [1.82, 2.24) is 15.5 Å². The quantitative estimate of drug-likeness (QED) is 0.638. The maximum Gasteiger partial charge on any atom is 0.191 e. The summed E-state index contributed by atoms with van der Waals surface area (Å²) in [5.41, 5.74) is -0.0310. The van der Waals surface area contributed by atoms with Crippen LogP contribution in [0.1, 0.15) is 45.3 Å². The number of aliphatic imine (C=N–C) groups is 1. The minimum atomic E-state index is -0.0310. The SMILES string of the molecule is CCNC(=NCC(c1ccc(C)o1)N1CCOCC1)NC(C)(C)C. The first kappa shape index (κ1) is 18.8. The van der Waals surface area contributed by atoms with E-state index in [9.17, 15) is 0 Å². The highest BCUT2D eigenvalue weighted by Gasteiger charge is 2.25. The van der Waals surface area contributed by atoms with E-state index in [-0.39, 0.29) is 11.6 Å². The summed E-state index contributed by atoms with van der Waals surface area (Å²) in [4.78, 5) is 7.21. The van der Waals surface area contributed by atoms with Crippen molar-refractivity contribution in [3.63, 3.8) is 0 Å². The van der Waals surface area contributed by atoms with Crippen LogP contribution in [-0.2, 0) is 4.74 Å². The summed E-state index contributed by atoms with van der Waals surface area (Å²) in [6.07, 6.45) is 0. The number of nitrogens with one attached hydrogen (secondary N) is 2. The molecule has 0 amide bonds. The lowest BCUT2D eigenvalue weighted by molar-refractivity contribution is 0.0135. The van der Waals surface area contributed by atoms with Gasteiger partial charge in [0.05, 0.1) is 25.8 Å². The molecule has 1 aliphatic heterocycles. The van der Waals surface area contributed by atoms with Crippen molar-refractivity contribution in [2.75, 3.05) is 39.4 Å². The van der Waals surface area contributed by atoms with E-state index in [1.54, 1.807) is 0 Å². The van der Waals surface area contributed by atoms with Gasteiger partial charge in [0.15, 0.2) is 5.96 Å². The van der Waals surface area contributed by atoms with Crippen LogP contribution in [0.2, 0.25) is 0 Å². The van der Waals surface area contributed by atoms with Crippen molar-refractivity contribution in [2.45, 2.75) is 46.2 Å². The number of guanidine groups is 1. The van der Waals surface area contributed by atoms with E-state index in [4.69, 9.17) is 14.1 Å². The van der Waals surface area contributed by atoms with Crippen LogP contribution in [0.3, 0.4) is 0 Å². The number of hydrogen-bond donors (Lipinski definition) is 2. The molecule has 0 spiro atoms. The average Bonchev–Trinajstić information content (AvgIpc) is 2.93. The third-order valence-electron chi connectivity index (χ3n) is 3.84. The first-order valence-electron chi connectivity index (χ1n) is 8.83. The zero-order chi connectivity index (χ0) is 17.6. The van der Waals surface area contributed by atoms with E-state index in [2.05, 4.69) is 49.3 Å². The zero-order valence-electron chi connectivity index (χ0n) is 15.7. The molecule has 1 aromatic heterocycles. The van der Waals surface area contributed by atoms with Crippen LogP contribution in [0.5, 0.6) is 0 Å². The smallest absolute Gasteiger partial charge is 0.191 e. The van der Waals surface area contributed by atoms with Gasteiger partial charge in [0.25, 0.3) is 0 Å². The average molecular weight is 336 g/mol. The highest BCUT2D eigenvalue weighted by atomic mass is 16.5. The fourth-order valence-corrected chi connectivity index (χ4v) is 2.75. The summed E-state index contributed by atoms with van der Waals surface area (Å²) >= 11 is 0. The Kier molecular flexibility index (Phi) is 6.69. The predicted molar refractivity (Wildman–Crippen MR) is 97.4 cm³/mol. The first-order chi connectivity index (χ1) is 11.4. The molecule has 1 aliphatic rings. The summed E-state index contributed by atoms with van der Waals surface area (Å²) in [6, 6.07) is 4.22. The fourth-order valence-electron chi connectivity index (χ4n) is 2.75. The van der Waals surface area contributed by atoms with Crippen molar-refractivity contribution in [3.8, 4) is 0 Å². The number of rotatable bonds is 5. The van der Waals surface area contributed by atoms with Crippen LogP contribution in [0.15, 0.2) is 21.5 Å². The van der Waals surface area contributed by atoms with Crippen LogP contribution in [0.25, 0.3) is 0 Å². The number of ether oxygens (including phenoxy) is 1. The molecule has 1 fully saturated rings. The maximum atomic E-state index is 5.90. The Morgan fingerprint density at radius 1 is 1.29 bits per heavy atom. The molecular formula is C18H32N4O2. The van der Waals surface area contributed by atoms with E-state index in [0.29, 0.717) is 6.54 Å². The van der Waals surface area contributed by atoms with Gasteiger partial charge < -0.3 is 19.8 Å². The Morgan fingerprint density at radius 2 is 2.00 bits per heavy atom. The molecule has 6 heteroatoms. The van der Waals surface area contributed by atoms with Gasteiger partial charge in [0.1, 0.15) is 11.5 Å². The number of furan rings is 1. The summed E-state index contributed by atoms with van der Waals surface area (Å²) in [5.74, 6) is 2.75. The Balaban J connectivity index is 2.15. The van der Waals surface area contributed by atoms with E-state index in [1.807, 2.05) is 13.0 Å². The van der Waals surface area contributed by atoms with Crippen molar-refractivity contribution in [1.29, 1.82) is 0 Å². The summed E-state index contributed by atoms with van der Waals surface area (Å²) in [5, 5.41) is 6.76. The molecule has 1 unspecified atom stereocenters. The van der Waals surface area contributed by atoms with Gasteiger partial charge in [-0.2, -0.15) is 0 Å². The number of morpholine rings is 1. The Bertz CT molecular complexity index is 527. The second kappa shape index (κ2) is 8.53. The molecule has 136 valence electrons. The molecule has 0 radical (unpaired) electrons. The van der Waals surface area contributed by atoms with Crippen LogP contribution in [-0.4, -0.2) is 55.8 Å². The van der Waals surface area contributed by atoms with Gasteiger partial charge in [0.2, 0.25) is 0 Å². The molecular weight excluding hydrogens is 304 g/mol. The third-order valence-corrected chi connectivity index (χ3v) is 3.84. The molecule has 2 heterocycles. The fraction of sp³-hybridized carbons (Fsp3) is 0.722. The lowest BCUT2D eigenvalue weighted by atomic mass is 10.1. The molecule has 0 bridgehead atoms. The van der Waals surface area contributed by atoms with Crippen molar-refractivity contribution >= 4 is 5.96 Å². The normalized spacial score (nSPS) is 18.5. The van der Waals surface area contributed by atoms with Crippen molar-refractivity contribution in [3.05, 3.63) is 23.7 Å². The number of aryl methyl sites for hydroxylation is 1. The third kappa shape index (κ3) is 5.83. The molecule has 2 N–H and O–H groups in total. The lowest BCUT2D eigenvalue weighted by Crippen LogP contribution is -2.48. The highest BCUT2D eigenvalue weighted by Crippen LogP contribution is 2.24. The summed E-state index contributed by atoms with van der Waals surface area (Å²) < 4.78 is 11.4. The Morgan fingerprint density at radius 3 is 2.54 bits per heavy atom. The predicted octanol–water partition coefficient (Wildman–Crippen LogP) is 2.31. The molecule has 1 atom stereocenters. The van der Waals surface area contributed by atoms with E-state index in [0.717, 1.165) is 50.3 Å². The minimum absolute atomic E-state index is 0.0310. The number of hydrogen-bond acceptors (Lipinski definition) is 4. The maximum absolute atomic E-state index is 5.90. The second-order valence-corrected chi connectivity index (χ2v) is 7.21. The Hall–Kier alpha value is -1.53. The molecule has 0 aliphatic carbocycles. The van der Waals surface area contributed by atoms with Crippen molar-refractivity contribution < 1.29 is 9.15 Å². The van der Waals surface area contributed by atoms with Gasteiger partial charge in [-0.1, -0.05) is 0 Å². The van der Waals surface area contributed by atoms with E-state index < -0.39 is 0 Å². The van der Waals surface area contributed by atoms with Crippen LogP contribution in [0.4, 0.5) is 0 Å². The molecule has 1 saturated heterocycles. The minimum Gasteiger partial charge on any atom is -0.465 e. The van der Waals surface area contributed by atoms with Gasteiger partial charge in [-0.3, -0.25) is 9.89 Å². The van der Waals surface area contributed by atoms with Gasteiger partial charge in [-0.05, 0) is 46.8 Å². The van der Waals surface area contributed by atoms with Gasteiger partial charge in [0, 0.05) is 25.2 Å². The van der Waals surface area contributed by atoms with Crippen LogP contribution in [0, 0.1) is 6.92 Å². The first-order valence-corrected chi connectivity index (χ1v) is 8.83. The van der Waals surface area contributed by atoms with Gasteiger partial charge >= 0.3 is 0 Å². The standard InChI is InChI=1S/C18H32N4O2/c1-6-19-17(21-18(3,4)5)20-13-15(16-8-7-14(2)24-16)22-9-11-23-12-10-22/h7-8,15H,6,9-13H2,1-5H3,(H2,19,20,21). The largest absolute Gasteiger partial charge is 0.465 e. The van der Waals surface area contributed by atoms with E-state index >= 15 is 0 Å². The molecule has 24 heavy (non-hydrogen) atoms. The Labute approximate surface area is 145 Å². The van der Waals surface area contributed by atoms with E-state index in [1.165, 1.54) is 0 Å². The van der Waals surface area contributed by atoms with Gasteiger partial charge in [-0.15, -0.1) is 0 Å². The molecule has 0 aromatic carbocycles. The van der Waals surface area contributed by atoms with Crippen LogP contribution >= 0.6 is 0 Å². The molecule has 2 rings (SSSR count). The molecule has 6 nitrogen and oxygen atoms in total. The van der Waals surface area contributed by atoms with Crippen LogP contribution < -0.4 is 10.6 Å². The second-order valence-electron chi connectivity index (χ2n) is 7.21. The lowest BCUT2D eigenvalue weighted by Gasteiger charge is -2.33. The highest BCUT2D eigenvalue weighted by molar-refractivity contribution is 5.80. The molecule has 0 saturated carbocycles. The number of nitrogens with zero attached hydrogens (tertiary/aromatic N) is 2. The monoisotopic (exact) mass is 336 g/mol.